The molecule has 1 aromatic heterocycles. The summed E-state index contributed by atoms with van der Waals surface area (Å²) in [6, 6.07) is 6.18. The third kappa shape index (κ3) is 2.99. The number of aromatic nitrogens is 1. The molecule has 0 aliphatic heterocycles. The molecule has 0 saturated heterocycles. The minimum Gasteiger partial charge on any atom is -0.375 e. The summed E-state index contributed by atoms with van der Waals surface area (Å²) in [7, 11) is 0. The van der Waals surface area contributed by atoms with Crippen molar-refractivity contribution in [3.63, 3.8) is 0 Å². The predicted molar refractivity (Wildman–Crippen MR) is 83.1 cm³/mol. The number of nitrogens with two attached hydrogens (primary N) is 1. The van der Waals surface area contributed by atoms with E-state index < -0.39 is 0 Å². The van der Waals surface area contributed by atoms with E-state index in [-0.39, 0.29) is 11.9 Å². The van der Waals surface area contributed by atoms with Crippen molar-refractivity contribution in [2.75, 3.05) is 5.73 Å². The van der Waals surface area contributed by atoms with Crippen LogP contribution in [0.2, 0.25) is 0 Å². The maximum atomic E-state index is 12.2. The van der Waals surface area contributed by atoms with E-state index in [0.29, 0.717) is 15.7 Å². The van der Waals surface area contributed by atoms with Crippen LogP contribution in [0.1, 0.15) is 45.0 Å². The fourth-order valence-electron chi connectivity index (χ4n) is 2.28. The van der Waals surface area contributed by atoms with E-state index >= 15 is 0 Å². The molecular weight excluding hydrogens is 270 g/mol. The maximum Gasteiger partial charge on any atom is 0.263 e. The van der Waals surface area contributed by atoms with Crippen molar-refractivity contribution in [2.24, 2.45) is 0 Å². The second-order valence-electron chi connectivity index (χ2n) is 5.02. The van der Waals surface area contributed by atoms with Gasteiger partial charge >= 0.3 is 0 Å². The molecule has 1 heterocycles. The fourth-order valence-corrected chi connectivity index (χ4v) is 3.02. The topological polar surface area (TPSA) is 68.0 Å². The Hall–Kier alpha value is -1.88. The molecule has 1 atom stereocenters. The third-order valence-electron chi connectivity index (χ3n) is 3.26. The smallest absolute Gasteiger partial charge is 0.263 e. The number of hydrogen-bond donors (Lipinski definition) is 2. The van der Waals surface area contributed by atoms with Crippen LogP contribution in [0.4, 0.5) is 5.13 Å². The Morgan fingerprint density at radius 3 is 2.60 bits per heavy atom. The average Bonchev–Trinajstić information content (AvgIpc) is 2.68. The molecule has 0 aliphatic rings. The van der Waals surface area contributed by atoms with Crippen LogP contribution < -0.4 is 11.1 Å². The Bertz CT molecular complexity index is 649. The number of nitrogen functional groups attached to an aromatic ring is 1. The highest BCUT2D eigenvalue weighted by atomic mass is 32.1. The molecule has 2 aromatic rings. The Balaban J connectivity index is 2.17. The van der Waals surface area contributed by atoms with Gasteiger partial charge in [0.2, 0.25) is 0 Å². The van der Waals surface area contributed by atoms with Gasteiger partial charge in [-0.3, -0.25) is 4.79 Å². The molecule has 2 rings (SSSR count). The monoisotopic (exact) mass is 289 g/mol. The first-order chi connectivity index (χ1) is 9.38. The van der Waals surface area contributed by atoms with Crippen LogP contribution in [0.3, 0.4) is 0 Å². The number of hydrogen-bond acceptors (Lipinski definition) is 4. The lowest BCUT2D eigenvalue weighted by molar-refractivity contribution is 0.0943. The quantitative estimate of drug-likeness (QED) is 0.912. The average molecular weight is 289 g/mol. The summed E-state index contributed by atoms with van der Waals surface area (Å²) in [6.07, 6.45) is 0. The first-order valence-corrected chi connectivity index (χ1v) is 7.31. The number of benzene rings is 1. The van der Waals surface area contributed by atoms with E-state index in [4.69, 9.17) is 5.73 Å². The molecule has 1 unspecified atom stereocenters. The summed E-state index contributed by atoms with van der Waals surface area (Å²) in [5, 5.41) is 3.43. The number of amides is 1. The van der Waals surface area contributed by atoms with Crippen molar-refractivity contribution in [3.05, 3.63) is 45.5 Å². The van der Waals surface area contributed by atoms with Crippen molar-refractivity contribution in [3.8, 4) is 0 Å². The zero-order chi connectivity index (χ0) is 14.9. The normalized spacial score (nSPS) is 12.2. The maximum absolute atomic E-state index is 12.2. The second kappa shape index (κ2) is 5.63. The number of anilines is 1. The molecule has 0 saturated carbocycles. The van der Waals surface area contributed by atoms with Crippen molar-refractivity contribution < 1.29 is 4.79 Å². The van der Waals surface area contributed by atoms with Gasteiger partial charge in [-0.15, -0.1) is 0 Å². The van der Waals surface area contributed by atoms with Crippen molar-refractivity contribution >= 4 is 22.4 Å². The van der Waals surface area contributed by atoms with Crippen LogP contribution >= 0.6 is 11.3 Å². The molecule has 0 radical (unpaired) electrons. The van der Waals surface area contributed by atoms with Crippen LogP contribution in [0.5, 0.6) is 0 Å². The lowest BCUT2D eigenvalue weighted by atomic mass is 10.0. The zero-order valence-corrected chi connectivity index (χ0v) is 13.0. The number of nitrogens with one attached hydrogen (secondary N) is 1. The molecule has 4 nitrogen and oxygen atoms in total. The lowest BCUT2D eigenvalue weighted by Crippen LogP contribution is -2.27. The number of carbonyl (C=O) groups is 1. The van der Waals surface area contributed by atoms with Crippen molar-refractivity contribution in [1.29, 1.82) is 0 Å². The molecule has 0 aliphatic carbocycles. The highest BCUT2D eigenvalue weighted by molar-refractivity contribution is 7.17. The van der Waals surface area contributed by atoms with Gasteiger partial charge in [0.25, 0.3) is 5.91 Å². The highest BCUT2D eigenvalue weighted by Gasteiger charge is 2.17. The van der Waals surface area contributed by atoms with E-state index in [1.54, 1.807) is 6.92 Å². The van der Waals surface area contributed by atoms with Gasteiger partial charge in [0.15, 0.2) is 5.13 Å². The van der Waals surface area contributed by atoms with Gasteiger partial charge in [-0.1, -0.05) is 35.1 Å². The van der Waals surface area contributed by atoms with Gasteiger partial charge in [-0.05, 0) is 38.8 Å². The van der Waals surface area contributed by atoms with Crippen LogP contribution in [0.25, 0.3) is 0 Å². The van der Waals surface area contributed by atoms with E-state index in [1.807, 2.05) is 6.92 Å². The molecule has 0 bridgehead atoms. The summed E-state index contributed by atoms with van der Waals surface area (Å²) in [5.74, 6) is -0.121. The Morgan fingerprint density at radius 1 is 1.35 bits per heavy atom. The first-order valence-electron chi connectivity index (χ1n) is 6.49. The predicted octanol–water partition coefficient (Wildman–Crippen LogP) is 3.14. The minimum absolute atomic E-state index is 0.0502. The summed E-state index contributed by atoms with van der Waals surface area (Å²) in [6.45, 7) is 7.89. The van der Waals surface area contributed by atoms with Gasteiger partial charge in [0, 0.05) is 0 Å². The Kier molecular flexibility index (Phi) is 4.09. The molecular formula is C15H19N3OS. The minimum atomic E-state index is -0.121. The van der Waals surface area contributed by atoms with Crippen LogP contribution in [0.15, 0.2) is 18.2 Å². The molecule has 20 heavy (non-hydrogen) atoms. The number of nitrogens with zero attached hydrogens (tertiary/aromatic N) is 1. The van der Waals surface area contributed by atoms with Gasteiger partial charge in [-0.2, -0.15) is 0 Å². The van der Waals surface area contributed by atoms with Crippen molar-refractivity contribution in [1.82, 2.24) is 10.3 Å². The highest BCUT2D eigenvalue weighted by Crippen LogP contribution is 2.22. The summed E-state index contributed by atoms with van der Waals surface area (Å²) in [5.41, 5.74) is 9.83. The van der Waals surface area contributed by atoms with Crippen LogP contribution in [-0.2, 0) is 0 Å². The number of rotatable bonds is 3. The summed E-state index contributed by atoms with van der Waals surface area (Å²) in [4.78, 5) is 16.9. The number of thiazole rings is 1. The van der Waals surface area contributed by atoms with Gasteiger partial charge in [0.1, 0.15) is 4.88 Å². The molecule has 1 aromatic carbocycles. The Morgan fingerprint density at radius 2 is 2.05 bits per heavy atom. The van der Waals surface area contributed by atoms with E-state index in [1.165, 1.54) is 22.5 Å². The SMILES string of the molecule is Cc1ccc(C(C)NC(=O)c2sc(N)nc2C)c(C)c1. The Labute approximate surface area is 123 Å². The zero-order valence-electron chi connectivity index (χ0n) is 12.2. The van der Waals surface area contributed by atoms with Gasteiger partial charge in [0.05, 0.1) is 11.7 Å². The van der Waals surface area contributed by atoms with Gasteiger partial charge in [-0.25, -0.2) is 4.98 Å². The molecule has 106 valence electrons. The summed E-state index contributed by atoms with van der Waals surface area (Å²) >= 11 is 1.22. The number of aryl methyl sites for hydroxylation is 3. The molecule has 0 fully saturated rings. The van der Waals surface area contributed by atoms with Crippen LogP contribution in [0, 0.1) is 20.8 Å². The molecule has 3 N–H and O–H groups in total. The largest absolute Gasteiger partial charge is 0.375 e. The third-order valence-corrected chi connectivity index (χ3v) is 4.24. The van der Waals surface area contributed by atoms with Crippen LogP contribution in [-0.4, -0.2) is 10.9 Å². The first kappa shape index (κ1) is 14.5. The molecule has 1 amide bonds. The second-order valence-corrected chi connectivity index (χ2v) is 6.05. The standard InChI is InChI=1S/C15H19N3OS/c1-8-5-6-12(9(2)7-8)10(3)17-14(19)13-11(4)18-15(16)20-13/h5-7,10H,1-4H3,(H2,16,18)(H,17,19). The van der Waals surface area contributed by atoms with Crippen molar-refractivity contribution in [2.45, 2.75) is 33.7 Å². The molecule has 0 spiro atoms. The van der Waals surface area contributed by atoms with E-state index in [9.17, 15) is 4.79 Å². The van der Waals surface area contributed by atoms with E-state index in [0.717, 1.165) is 5.56 Å². The number of carbonyl (C=O) groups excluding carboxylic acids is 1. The molecule has 5 heteroatoms. The lowest BCUT2D eigenvalue weighted by Gasteiger charge is -2.16. The van der Waals surface area contributed by atoms with E-state index in [2.05, 4.69) is 42.3 Å². The van der Waals surface area contributed by atoms with Gasteiger partial charge < -0.3 is 11.1 Å². The fraction of sp³-hybridized carbons (Fsp3) is 0.333. The summed E-state index contributed by atoms with van der Waals surface area (Å²) < 4.78 is 0.